The highest BCUT2D eigenvalue weighted by molar-refractivity contribution is 7.89. The molecule has 0 bridgehead atoms. The zero-order chi connectivity index (χ0) is 20.3. The van der Waals surface area contributed by atoms with Crippen LogP contribution in [0.5, 0.6) is 0 Å². The number of hydrogen-bond donors (Lipinski definition) is 1. The number of sulfonamides is 1. The summed E-state index contributed by atoms with van der Waals surface area (Å²) in [6, 6.07) is 4.07. The number of halogens is 1. The first-order valence-corrected chi connectivity index (χ1v) is 11.1. The molecular formula is C18H24ClN3O5S. The van der Waals surface area contributed by atoms with Gasteiger partial charge in [0.15, 0.2) is 0 Å². The Bertz CT molecular complexity index is 847. The molecule has 2 amide bonds. The number of benzene rings is 1. The molecule has 0 aliphatic carbocycles. The number of nitrogens with zero attached hydrogens (tertiary/aromatic N) is 2. The Morgan fingerprint density at radius 2 is 1.79 bits per heavy atom. The van der Waals surface area contributed by atoms with Crippen LogP contribution in [-0.2, 0) is 24.3 Å². The Balaban J connectivity index is 1.74. The van der Waals surface area contributed by atoms with E-state index in [9.17, 15) is 18.0 Å². The summed E-state index contributed by atoms with van der Waals surface area (Å²) in [5.74, 6) is -0.926. The number of rotatable bonds is 3. The second-order valence-corrected chi connectivity index (χ2v) is 9.43. The van der Waals surface area contributed by atoms with E-state index in [1.54, 1.807) is 0 Å². The van der Waals surface area contributed by atoms with Gasteiger partial charge >= 0.3 is 11.8 Å². The van der Waals surface area contributed by atoms with Gasteiger partial charge in [0, 0.05) is 26.2 Å². The molecule has 0 aromatic heterocycles. The second-order valence-electron chi connectivity index (χ2n) is 7.09. The number of morpholine rings is 1. The molecule has 154 valence electrons. The number of piperidine rings is 1. The first kappa shape index (κ1) is 21.0. The Hall–Kier alpha value is -1.68. The zero-order valence-corrected chi connectivity index (χ0v) is 17.3. The molecule has 2 aliphatic rings. The molecule has 2 aliphatic heterocycles. The maximum Gasteiger partial charge on any atom is 0.313 e. The first-order valence-electron chi connectivity index (χ1n) is 9.27. The molecule has 8 nitrogen and oxygen atoms in total. The summed E-state index contributed by atoms with van der Waals surface area (Å²) in [5.41, 5.74) is 0.0970. The Labute approximate surface area is 169 Å². The van der Waals surface area contributed by atoms with Gasteiger partial charge in [-0.2, -0.15) is 4.31 Å². The summed E-state index contributed by atoms with van der Waals surface area (Å²) in [4.78, 5) is 26.3. The summed E-state index contributed by atoms with van der Waals surface area (Å²) in [6.45, 7) is 4.37. The highest BCUT2D eigenvalue weighted by Gasteiger charge is 2.29. The van der Waals surface area contributed by atoms with Crippen LogP contribution in [0.15, 0.2) is 23.1 Å². The number of ether oxygens (including phenoxy) is 1. The molecule has 0 atom stereocenters. The van der Waals surface area contributed by atoms with Crippen LogP contribution in [0.1, 0.15) is 19.8 Å². The van der Waals surface area contributed by atoms with Crippen molar-refractivity contribution in [3.05, 3.63) is 23.2 Å². The average Bonchev–Trinajstić information content (AvgIpc) is 2.70. The molecule has 2 fully saturated rings. The standard InChI is InChI=1S/C18H24ClN3O5S/c1-13-4-6-21(7-5-13)18(24)17(23)20-16-12-14(2-3-15(16)19)28(25,26)22-8-10-27-11-9-22/h2-3,12-13H,4-11H2,1H3,(H,20,23). The van der Waals surface area contributed by atoms with Crippen LogP contribution in [-0.4, -0.2) is 68.8 Å². The lowest BCUT2D eigenvalue weighted by molar-refractivity contribution is -0.144. The van der Waals surface area contributed by atoms with Gasteiger partial charge in [-0.15, -0.1) is 0 Å². The monoisotopic (exact) mass is 429 g/mol. The van der Waals surface area contributed by atoms with Gasteiger partial charge in [-0.1, -0.05) is 18.5 Å². The van der Waals surface area contributed by atoms with Crippen LogP contribution in [0.4, 0.5) is 5.69 Å². The number of carbonyl (C=O) groups excluding carboxylic acids is 2. The number of anilines is 1. The van der Waals surface area contributed by atoms with Crippen LogP contribution < -0.4 is 5.32 Å². The molecule has 3 rings (SSSR count). The van der Waals surface area contributed by atoms with Crippen molar-refractivity contribution in [2.24, 2.45) is 5.92 Å². The fourth-order valence-corrected chi connectivity index (χ4v) is 4.83. The van der Waals surface area contributed by atoms with Crippen molar-refractivity contribution in [1.82, 2.24) is 9.21 Å². The Kier molecular flexibility index (Phi) is 6.59. The van der Waals surface area contributed by atoms with Gasteiger partial charge in [0.05, 0.1) is 28.8 Å². The first-order chi connectivity index (χ1) is 13.3. The molecule has 1 aromatic rings. The number of likely N-dealkylation sites (tertiary alicyclic amines) is 1. The van der Waals surface area contributed by atoms with Crippen molar-refractivity contribution in [3.63, 3.8) is 0 Å². The average molecular weight is 430 g/mol. The summed E-state index contributed by atoms with van der Waals surface area (Å²) in [7, 11) is -3.74. The van der Waals surface area contributed by atoms with Crippen molar-refractivity contribution in [1.29, 1.82) is 0 Å². The summed E-state index contributed by atoms with van der Waals surface area (Å²) >= 11 is 6.12. The minimum absolute atomic E-state index is 0.00773. The van der Waals surface area contributed by atoms with E-state index in [2.05, 4.69) is 12.2 Å². The third-order valence-corrected chi connectivity index (χ3v) is 7.28. The van der Waals surface area contributed by atoms with E-state index in [0.29, 0.717) is 32.2 Å². The van der Waals surface area contributed by atoms with Gasteiger partial charge in [-0.3, -0.25) is 9.59 Å². The van der Waals surface area contributed by atoms with Crippen molar-refractivity contribution >= 4 is 39.1 Å². The van der Waals surface area contributed by atoms with Crippen LogP contribution in [0.2, 0.25) is 5.02 Å². The summed E-state index contributed by atoms with van der Waals surface area (Å²) in [5, 5.41) is 2.63. The van der Waals surface area contributed by atoms with Crippen LogP contribution in [0, 0.1) is 5.92 Å². The lowest BCUT2D eigenvalue weighted by Gasteiger charge is -2.29. The quantitative estimate of drug-likeness (QED) is 0.735. The van der Waals surface area contributed by atoms with Crippen LogP contribution in [0.25, 0.3) is 0 Å². The number of hydrogen-bond acceptors (Lipinski definition) is 5. The molecule has 10 heteroatoms. The van der Waals surface area contributed by atoms with E-state index < -0.39 is 21.8 Å². The fourth-order valence-electron chi connectivity index (χ4n) is 3.23. The van der Waals surface area contributed by atoms with Crippen molar-refractivity contribution in [3.8, 4) is 0 Å². The predicted molar refractivity (Wildman–Crippen MR) is 105 cm³/mol. The predicted octanol–water partition coefficient (Wildman–Crippen LogP) is 1.56. The molecule has 0 unspecified atom stereocenters. The molecule has 0 spiro atoms. The van der Waals surface area contributed by atoms with Gasteiger partial charge in [-0.05, 0) is 37.0 Å². The molecule has 1 N–H and O–H groups in total. The normalized spacial score (nSPS) is 19.4. The van der Waals surface area contributed by atoms with Crippen molar-refractivity contribution < 1.29 is 22.7 Å². The minimum atomic E-state index is -3.74. The third-order valence-electron chi connectivity index (χ3n) is 5.06. The van der Waals surface area contributed by atoms with Crippen LogP contribution in [0.3, 0.4) is 0 Å². The smallest absolute Gasteiger partial charge is 0.313 e. The lowest BCUT2D eigenvalue weighted by atomic mass is 9.99. The summed E-state index contributed by atoms with van der Waals surface area (Å²) in [6.07, 6.45) is 1.71. The highest BCUT2D eigenvalue weighted by atomic mass is 35.5. The maximum atomic E-state index is 12.8. The van der Waals surface area contributed by atoms with Gasteiger partial charge in [0.25, 0.3) is 0 Å². The van der Waals surface area contributed by atoms with E-state index in [1.165, 1.54) is 27.4 Å². The SMILES string of the molecule is CC1CCN(C(=O)C(=O)Nc2cc(S(=O)(=O)N3CCOCC3)ccc2Cl)CC1. The zero-order valence-electron chi connectivity index (χ0n) is 15.7. The van der Waals surface area contributed by atoms with Gasteiger partial charge in [0.1, 0.15) is 0 Å². The van der Waals surface area contributed by atoms with Gasteiger partial charge in [-0.25, -0.2) is 8.42 Å². The van der Waals surface area contributed by atoms with E-state index >= 15 is 0 Å². The number of carbonyl (C=O) groups is 2. The fraction of sp³-hybridized carbons (Fsp3) is 0.556. The summed E-state index contributed by atoms with van der Waals surface area (Å²) < 4.78 is 32.1. The van der Waals surface area contributed by atoms with Gasteiger partial charge in [0.2, 0.25) is 10.0 Å². The largest absolute Gasteiger partial charge is 0.379 e. The molecule has 0 saturated carbocycles. The third kappa shape index (κ3) is 4.65. The Morgan fingerprint density at radius 3 is 2.43 bits per heavy atom. The molecule has 0 radical (unpaired) electrons. The van der Waals surface area contributed by atoms with Crippen molar-refractivity contribution in [2.75, 3.05) is 44.7 Å². The lowest BCUT2D eigenvalue weighted by Crippen LogP contribution is -2.44. The topological polar surface area (TPSA) is 96.0 Å². The highest BCUT2D eigenvalue weighted by Crippen LogP contribution is 2.27. The maximum absolute atomic E-state index is 12.8. The van der Waals surface area contributed by atoms with E-state index in [1.807, 2.05) is 0 Å². The molecule has 28 heavy (non-hydrogen) atoms. The number of nitrogens with one attached hydrogen (secondary N) is 1. The van der Waals surface area contributed by atoms with E-state index in [4.69, 9.17) is 16.3 Å². The van der Waals surface area contributed by atoms with E-state index in [0.717, 1.165) is 12.8 Å². The van der Waals surface area contributed by atoms with E-state index in [-0.39, 0.29) is 28.7 Å². The van der Waals surface area contributed by atoms with Crippen molar-refractivity contribution in [2.45, 2.75) is 24.7 Å². The second kappa shape index (κ2) is 8.77. The molecular weight excluding hydrogens is 406 g/mol. The van der Waals surface area contributed by atoms with Gasteiger partial charge < -0.3 is 15.0 Å². The Morgan fingerprint density at radius 1 is 1.14 bits per heavy atom. The molecule has 2 saturated heterocycles. The minimum Gasteiger partial charge on any atom is -0.379 e. The molecule has 1 aromatic carbocycles. The van der Waals surface area contributed by atoms with Crippen LogP contribution >= 0.6 is 11.6 Å². The number of amides is 2. The molecule has 2 heterocycles.